The third-order valence-corrected chi connectivity index (χ3v) is 3.84. The molecule has 4 nitrogen and oxygen atoms in total. The van der Waals surface area contributed by atoms with E-state index in [1.165, 1.54) is 19.3 Å². The lowest BCUT2D eigenvalue weighted by atomic mass is 9.86. The Hall–Kier alpha value is -1.58. The van der Waals surface area contributed by atoms with Gasteiger partial charge in [-0.05, 0) is 43.8 Å². The Balaban J connectivity index is 2.75. The molecule has 0 saturated heterocycles. The van der Waals surface area contributed by atoms with Crippen LogP contribution in [0.15, 0.2) is 23.8 Å². The Labute approximate surface area is 133 Å². The summed E-state index contributed by atoms with van der Waals surface area (Å²) >= 11 is 0. The van der Waals surface area contributed by atoms with Crippen molar-refractivity contribution in [2.24, 2.45) is 5.92 Å². The van der Waals surface area contributed by atoms with Gasteiger partial charge < -0.3 is 9.47 Å². The molecule has 124 valence electrons. The maximum atomic E-state index is 11.8. The van der Waals surface area contributed by atoms with Crippen molar-refractivity contribution in [3.8, 4) is 0 Å². The van der Waals surface area contributed by atoms with Gasteiger partial charge in [-0.15, -0.1) is 0 Å². The van der Waals surface area contributed by atoms with Crippen molar-refractivity contribution in [1.82, 2.24) is 0 Å². The third kappa shape index (κ3) is 6.92. The first-order valence-electron chi connectivity index (χ1n) is 8.26. The van der Waals surface area contributed by atoms with Gasteiger partial charge in [0.1, 0.15) is 0 Å². The minimum atomic E-state index is -0.300. The zero-order valence-electron chi connectivity index (χ0n) is 13.9. The number of rotatable bonds is 8. The molecule has 0 aromatic rings. The summed E-state index contributed by atoms with van der Waals surface area (Å²) in [7, 11) is 0. The van der Waals surface area contributed by atoms with E-state index in [2.05, 4.69) is 12.7 Å². The Bertz CT molecular complexity index is 417. The SMILES string of the molecule is C=C(CC(=O)OCC)/C(=C/C1CCCCC1)CC(=O)OCC. The molecule has 1 rings (SSSR count). The van der Waals surface area contributed by atoms with Gasteiger partial charge in [0.2, 0.25) is 0 Å². The Morgan fingerprint density at radius 2 is 1.55 bits per heavy atom. The van der Waals surface area contributed by atoms with Crippen LogP contribution in [0.3, 0.4) is 0 Å². The Morgan fingerprint density at radius 3 is 2.09 bits per heavy atom. The zero-order chi connectivity index (χ0) is 16.4. The summed E-state index contributed by atoms with van der Waals surface area (Å²) in [5.74, 6) is -0.0995. The van der Waals surface area contributed by atoms with Crippen molar-refractivity contribution in [1.29, 1.82) is 0 Å². The molecule has 0 amide bonds. The van der Waals surface area contributed by atoms with E-state index in [1.807, 2.05) is 0 Å². The molecule has 0 aliphatic heterocycles. The van der Waals surface area contributed by atoms with E-state index in [-0.39, 0.29) is 24.8 Å². The first kappa shape index (κ1) is 18.5. The normalized spacial score (nSPS) is 16.2. The van der Waals surface area contributed by atoms with E-state index in [9.17, 15) is 9.59 Å². The van der Waals surface area contributed by atoms with Gasteiger partial charge in [-0.1, -0.05) is 31.9 Å². The predicted molar refractivity (Wildman–Crippen MR) is 86.3 cm³/mol. The molecular weight excluding hydrogens is 280 g/mol. The highest BCUT2D eigenvalue weighted by atomic mass is 16.5. The van der Waals surface area contributed by atoms with Crippen molar-refractivity contribution in [2.75, 3.05) is 13.2 Å². The number of hydrogen-bond donors (Lipinski definition) is 0. The van der Waals surface area contributed by atoms with Gasteiger partial charge in [0, 0.05) is 0 Å². The number of ether oxygens (including phenoxy) is 2. The number of carbonyl (C=O) groups is 2. The molecule has 0 atom stereocenters. The number of esters is 2. The summed E-state index contributed by atoms with van der Waals surface area (Å²) in [5.41, 5.74) is 1.50. The maximum absolute atomic E-state index is 11.8. The summed E-state index contributed by atoms with van der Waals surface area (Å²) in [4.78, 5) is 23.4. The second-order valence-corrected chi connectivity index (χ2v) is 5.66. The molecule has 22 heavy (non-hydrogen) atoms. The van der Waals surface area contributed by atoms with E-state index >= 15 is 0 Å². The van der Waals surface area contributed by atoms with E-state index in [0.29, 0.717) is 24.7 Å². The monoisotopic (exact) mass is 308 g/mol. The number of carbonyl (C=O) groups excluding carboxylic acids is 2. The smallest absolute Gasteiger partial charge is 0.310 e. The van der Waals surface area contributed by atoms with Crippen molar-refractivity contribution < 1.29 is 19.1 Å². The van der Waals surface area contributed by atoms with Crippen LogP contribution < -0.4 is 0 Å². The third-order valence-electron chi connectivity index (χ3n) is 3.84. The van der Waals surface area contributed by atoms with Crippen molar-refractivity contribution in [3.63, 3.8) is 0 Å². The van der Waals surface area contributed by atoms with E-state index in [0.717, 1.165) is 18.4 Å². The number of hydrogen-bond acceptors (Lipinski definition) is 4. The molecule has 0 bridgehead atoms. The standard InChI is InChI=1S/C18H28O4/c1-4-21-17(19)11-14(3)16(13-18(20)22-5-2)12-15-9-7-6-8-10-15/h12,15H,3-11,13H2,1-2H3/b16-12+. The molecule has 0 spiro atoms. The van der Waals surface area contributed by atoms with Crippen LogP contribution in [0.4, 0.5) is 0 Å². The maximum Gasteiger partial charge on any atom is 0.310 e. The summed E-state index contributed by atoms with van der Waals surface area (Å²) in [6.45, 7) is 8.26. The Kier molecular flexibility index (Phi) is 8.56. The van der Waals surface area contributed by atoms with Crippen LogP contribution in [-0.4, -0.2) is 25.2 Å². The lowest BCUT2D eigenvalue weighted by Crippen LogP contribution is -2.12. The quantitative estimate of drug-likeness (QED) is 0.503. The molecule has 0 unspecified atom stereocenters. The second kappa shape index (κ2) is 10.2. The Morgan fingerprint density at radius 1 is 1.00 bits per heavy atom. The number of allylic oxidation sites excluding steroid dienone is 1. The molecular formula is C18H28O4. The molecule has 1 saturated carbocycles. The van der Waals surface area contributed by atoms with Crippen LogP contribution in [-0.2, 0) is 19.1 Å². The largest absolute Gasteiger partial charge is 0.466 e. The van der Waals surface area contributed by atoms with Gasteiger partial charge in [-0.25, -0.2) is 0 Å². The van der Waals surface area contributed by atoms with Gasteiger partial charge in [0.05, 0.1) is 26.1 Å². The molecule has 0 N–H and O–H groups in total. The van der Waals surface area contributed by atoms with Gasteiger partial charge in [0.15, 0.2) is 0 Å². The van der Waals surface area contributed by atoms with Crippen LogP contribution in [0, 0.1) is 5.92 Å². The van der Waals surface area contributed by atoms with Gasteiger partial charge >= 0.3 is 11.9 Å². The molecule has 1 aliphatic carbocycles. The van der Waals surface area contributed by atoms with E-state index in [4.69, 9.17) is 9.47 Å². The fraction of sp³-hybridized carbons (Fsp3) is 0.667. The minimum absolute atomic E-state index is 0.131. The predicted octanol–water partition coefficient (Wildman–Crippen LogP) is 3.96. The van der Waals surface area contributed by atoms with Gasteiger partial charge in [-0.3, -0.25) is 9.59 Å². The van der Waals surface area contributed by atoms with Crippen LogP contribution in [0.5, 0.6) is 0 Å². The summed E-state index contributed by atoms with van der Waals surface area (Å²) in [5, 5.41) is 0. The first-order valence-corrected chi connectivity index (χ1v) is 8.26. The minimum Gasteiger partial charge on any atom is -0.466 e. The van der Waals surface area contributed by atoms with E-state index in [1.54, 1.807) is 13.8 Å². The average Bonchev–Trinajstić information content (AvgIpc) is 2.48. The van der Waals surface area contributed by atoms with Crippen molar-refractivity contribution >= 4 is 11.9 Å². The van der Waals surface area contributed by atoms with E-state index < -0.39 is 0 Å². The van der Waals surface area contributed by atoms with Crippen molar-refractivity contribution in [2.45, 2.75) is 58.8 Å². The zero-order valence-corrected chi connectivity index (χ0v) is 13.9. The van der Waals surface area contributed by atoms with Gasteiger partial charge in [-0.2, -0.15) is 0 Å². The van der Waals surface area contributed by atoms with Crippen LogP contribution in [0.1, 0.15) is 58.8 Å². The molecule has 1 aliphatic rings. The van der Waals surface area contributed by atoms with Crippen molar-refractivity contribution in [3.05, 3.63) is 23.8 Å². The molecule has 1 fully saturated rings. The molecule has 0 heterocycles. The highest BCUT2D eigenvalue weighted by Gasteiger charge is 2.17. The lowest BCUT2D eigenvalue weighted by Gasteiger charge is -2.20. The van der Waals surface area contributed by atoms with Crippen LogP contribution >= 0.6 is 0 Å². The van der Waals surface area contributed by atoms with Crippen LogP contribution in [0.2, 0.25) is 0 Å². The highest BCUT2D eigenvalue weighted by molar-refractivity contribution is 5.77. The average molecular weight is 308 g/mol. The molecule has 4 heteroatoms. The topological polar surface area (TPSA) is 52.6 Å². The fourth-order valence-corrected chi connectivity index (χ4v) is 2.75. The lowest BCUT2D eigenvalue weighted by molar-refractivity contribution is -0.143. The summed E-state index contributed by atoms with van der Waals surface area (Å²) < 4.78 is 9.99. The van der Waals surface area contributed by atoms with Gasteiger partial charge in [0.25, 0.3) is 0 Å². The summed E-state index contributed by atoms with van der Waals surface area (Å²) in [6.07, 6.45) is 8.43. The first-order chi connectivity index (χ1) is 10.6. The molecule has 0 aromatic carbocycles. The van der Waals surface area contributed by atoms with Crippen LogP contribution in [0.25, 0.3) is 0 Å². The second-order valence-electron chi connectivity index (χ2n) is 5.66. The fourth-order valence-electron chi connectivity index (χ4n) is 2.75. The highest BCUT2D eigenvalue weighted by Crippen LogP contribution is 2.28. The summed E-state index contributed by atoms with van der Waals surface area (Å²) in [6, 6.07) is 0. The molecule has 0 radical (unpaired) electrons. The molecule has 0 aromatic heterocycles.